The van der Waals surface area contributed by atoms with Crippen molar-refractivity contribution >= 4 is 48.9 Å². The molecule has 0 bridgehead atoms. The molecule has 11 heteroatoms. The molecule has 0 spiro atoms. The van der Waals surface area contributed by atoms with Crippen molar-refractivity contribution < 1.29 is 21.6 Å². The number of hydrogen-bond acceptors (Lipinski definition) is 6. The number of halogens is 1. The maximum absolute atomic E-state index is 13.4. The summed E-state index contributed by atoms with van der Waals surface area (Å²) < 4.78 is 53.6. The Labute approximate surface area is 193 Å². The van der Waals surface area contributed by atoms with Crippen molar-refractivity contribution in [2.24, 2.45) is 0 Å². The lowest BCUT2D eigenvalue weighted by molar-refractivity contribution is -0.116. The average molecular weight is 498 g/mol. The van der Waals surface area contributed by atoms with Crippen LogP contribution in [0.5, 0.6) is 0 Å². The van der Waals surface area contributed by atoms with Crippen LogP contribution in [0.1, 0.15) is 17.5 Å². The predicted octanol–water partition coefficient (Wildman–Crippen LogP) is 2.53. The molecule has 0 N–H and O–H groups in total. The second kappa shape index (κ2) is 8.33. The fourth-order valence-electron chi connectivity index (χ4n) is 4.31. The highest BCUT2D eigenvalue weighted by Gasteiger charge is 2.38. The minimum atomic E-state index is -3.79. The Kier molecular flexibility index (Phi) is 6.00. The molecule has 2 aliphatic heterocycles. The van der Waals surface area contributed by atoms with E-state index in [4.69, 9.17) is 11.6 Å². The van der Waals surface area contributed by atoms with Gasteiger partial charge in [-0.25, -0.2) is 21.1 Å². The molecule has 2 fully saturated rings. The molecule has 2 aromatic carbocycles. The van der Waals surface area contributed by atoms with Crippen LogP contribution in [-0.2, 0) is 24.8 Å². The maximum atomic E-state index is 13.4. The van der Waals surface area contributed by atoms with E-state index < -0.39 is 26.0 Å². The number of aryl methyl sites for hydroxylation is 2. The summed E-state index contributed by atoms with van der Waals surface area (Å²) in [5.41, 5.74) is 1.95. The fourth-order valence-corrected chi connectivity index (χ4v) is 7.77. The van der Waals surface area contributed by atoms with Crippen LogP contribution in [0.2, 0.25) is 5.02 Å². The van der Waals surface area contributed by atoms with E-state index in [0.717, 1.165) is 9.99 Å². The molecule has 0 unspecified atom stereocenters. The van der Waals surface area contributed by atoms with E-state index in [1.165, 1.54) is 16.4 Å². The zero-order valence-electron chi connectivity index (χ0n) is 17.8. The van der Waals surface area contributed by atoms with Gasteiger partial charge < -0.3 is 4.90 Å². The number of amides is 1. The van der Waals surface area contributed by atoms with Gasteiger partial charge in [-0.15, -0.1) is 0 Å². The Morgan fingerprint density at radius 3 is 2.09 bits per heavy atom. The molecule has 4 rings (SSSR count). The Balaban J connectivity index is 1.59. The summed E-state index contributed by atoms with van der Waals surface area (Å²) in [5.74, 6) is -0.738. The van der Waals surface area contributed by atoms with Gasteiger partial charge in [0.2, 0.25) is 26.0 Å². The van der Waals surface area contributed by atoms with Crippen LogP contribution in [-0.4, -0.2) is 59.0 Å². The molecule has 2 aromatic rings. The van der Waals surface area contributed by atoms with E-state index in [-0.39, 0.29) is 22.8 Å². The first-order chi connectivity index (χ1) is 15.0. The van der Waals surface area contributed by atoms with Crippen molar-refractivity contribution in [2.45, 2.75) is 25.2 Å². The topological polar surface area (TPSA) is 95.1 Å². The molecule has 0 saturated carbocycles. The van der Waals surface area contributed by atoms with Gasteiger partial charge in [0.15, 0.2) is 0 Å². The Hall–Kier alpha value is -2.14. The normalized spacial score (nSPS) is 19.5. The lowest BCUT2D eigenvalue weighted by Gasteiger charge is -2.36. The van der Waals surface area contributed by atoms with Gasteiger partial charge >= 0.3 is 0 Å². The number of rotatable bonds is 4. The van der Waals surface area contributed by atoms with Gasteiger partial charge in [0, 0.05) is 43.3 Å². The van der Waals surface area contributed by atoms with Gasteiger partial charge in [0.1, 0.15) is 0 Å². The Bertz CT molecular complexity index is 1260. The third-order valence-corrected chi connectivity index (χ3v) is 9.90. The largest absolute Gasteiger partial charge is 0.369 e. The second-order valence-electron chi connectivity index (χ2n) is 8.00. The van der Waals surface area contributed by atoms with Crippen LogP contribution in [0.25, 0.3) is 0 Å². The summed E-state index contributed by atoms with van der Waals surface area (Å²) in [5, 5.41) is 0.627. The summed E-state index contributed by atoms with van der Waals surface area (Å²) in [4.78, 5) is 14.4. The number of carbonyl (C=O) groups is 1. The number of hydrogen-bond donors (Lipinski definition) is 0. The number of benzene rings is 2. The molecule has 0 atom stereocenters. The van der Waals surface area contributed by atoms with Crippen molar-refractivity contribution in [3.05, 3.63) is 52.5 Å². The van der Waals surface area contributed by atoms with Crippen LogP contribution >= 0.6 is 11.6 Å². The molecule has 8 nitrogen and oxygen atoms in total. The number of piperazine rings is 1. The summed E-state index contributed by atoms with van der Waals surface area (Å²) >= 11 is 6.07. The fraction of sp³-hybridized carbons (Fsp3) is 0.381. The van der Waals surface area contributed by atoms with Crippen molar-refractivity contribution in [3.8, 4) is 0 Å². The zero-order valence-corrected chi connectivity index (χ0v) is 20.2. The first-order valence-corrected chi connectivity index (χ1v) is 13.6. The average Bonchev–Trinajstić information content (AvgIpc) is 2.99. The van der Waals surface area contributed by atoms with Gasteiger partial charge in [-0.1, -0.05) is 17.7 Å². The smallest absolute Gasteiger partial charge is 0.243 e. The van der Waals surface area contributed by atoms with Gasteiger partial charge in [-0.3, -0.25) is 4.79 Å². The molecule has 2 heterocycles. The van der Waals surface area contributed by atoms with Gasteiger partial charge in [-0.05, 0) is 55.3 Å². The molecule has 2 aliphatic rings. The van der Waals surface area contributed by atoms with E-state index >= 15 is 0 Å². The third kappa shape index (κ3) is 4.12. The van der Waals surface area contributed by atoms with Crippen LogP contribution in [0.4, 0.5) is 11.4 Å². The molecular weight excluding hydrogens is 474 g/mol. The summed E-state index contributed by atoms with van der Waals surface area (Å²) in [7, 11) is -7.51. The van der Waals surface area contributed by atoms with E-state index in [1.54, 1.807) is 19.9 Å². The van der Waals surface area contributed by atoms with Crippen molar-refractivity contribution in [3.63, 3.8) is 0 Å². The van der Waals surface area contributed by atoms with E-state index in [2.05, 4.69) is 4.90 Å². The van der Waals surface area contributed by atoms with Crippen molar-refractivity contribution in [1.29, 1.82) is 0 Å². The van der Waals surface area contributed by atoms with Crippen molar-refractivity contribution in [2.75, 3.05) is 41.1 Å². The van der Waals surface area contributed by atoms with Gasteiger partial charge in [-0.2, -0.15) is 4.31 Å². The first-order valence-electron chi connectivity index (χ1n) is 10.2. The minimum Gasteiger partial charge on any atom is -0.369 e. The van der Waals surface area contributed by atoms with Gasteiger partial charge in [0.05, 0.1) is 16.3 Å². The van der Waals surface area contributed by atoms with Crippen LogP contribution < -0.4 is 9.21 Å². The molecule has 172 valence electrons. The third-order valence-electron chi connectivity index (χ3n) is 5.77. The number of carbonyl (C=O) groups excluding carboxylic acids is 1. The SMILES string of the molecule is Cc1cc(N2C(=O)CCS2(=O)=O)cc(C)c1S(=O)(=O)N1CCN(c2cccc(Cl)c2)CC1. The first kappa shape index (κ1) is 23.0. The Morgan fingerprint density at radius 2 is 1.56 bits per heavy atom. The summed E-state index contributed by atoms with van der Waals surface area (Å²) in [6.45, 7) is 4.92. The van der Waals surface area contributed by atoms with Gasteiger partial charge in [0.25, 0.3) is 0 Å². The highest BCUT2D eigenvalue weighted by molar-refractivity contribution is 7.94. The predicted molar refractivity (Wildman–Crippen MR) is 124 cm³/mol. The van der Waals surface area contributed by atoms with E-state index in [9.17, 15) is 21.6 Å². The molecule has 1 amide bonds. The maximum Gasteiger partial charge on any atom is 0.243 e. The molecule has 2 saturated heterocycles. The molecule has 32 heavy (non-hydrogen) atoms. The van der Waals surface area contributed by atoms with Crippen LogP contribution in [0.3, 0.4) is 0 Å². The zero-order chi connectivity index (χ0) is 23.3. The minimum absolute atomic E-state index is 0.0720. The highest BCUT2D eigenvalue weighted by Crippen LogP contribution is 2.33. The van der Waals surface area contributed by atoms with Crippen LogP contribution in [0, 0.1) is 13.8 Å². The summed E-state index contributed by atoms with van der Waals surface area (Å²) in [6, 6.07) is 10.4. The second-order valence-corrected chi connectivity index (χ2v) is 12.3. The lowest BCUT2D eigenvalue weighted by atomic mass is 10.1. The Morgan fingerprint density at radius 1 is 0.938 bits per heavy atom. The molecule has 0 aromatic heterocycles. The van der Waals surface area contributed by atoms with E-state index in [0.29, 0.717) is 42.3 Å². The molecular formula is C21H24ClN3O5S2. The molecule has 0 radical (unpaired) electrons. The van der Waals surface area contributed by atoms with Crippen LogP contribution in [0.15, 0.2) is 41.3 Å². The number of sulfonamides is 2. The van der Waals surface area contributed by atoms with E-state index in [1.807, 2.05) is 18.2 Å². The monoisotopic (exact) mass is 497 g/mol. The standard InChI is InChI=1S/C21H24ClN3O5S2/c1-15-12-19(25-20(26)6-11-31(25,27)28)13-16(2)21(15)32(29,30)24-9-7-23(8-10-24)18-5-3-4-17(22)14-18/h3-5,12-14H,6-11H2,1-2H3. The molecule has 0 aliphatic carbocycles. The highest BCUT2D eigenvalue weighted by atomic mass is 35.5. The van der Waals surface area contributed by atoms with Crippen molar-refractivity contribution in [1.82, 2.24) is 4.31 Å². The number of anilines is 2. The quantitative estimate of drug-likeness (QED) is 0.644. The summed E-state index contributed by atoms with van der Waals surface area (Å²) in [6.07, 6.45) is -0.0720. The lowest BCUT2D eigenvalue weighted by Crippen LogP contribution is -2.48. The number of nitrogens with zero attached hydrogens (tertiary/aromatic N) is 3.